The largest absolute Gasteiger partial charge is 0.480 e. The minimum Gasteiger partial charge on any atom is -0.480 e. The van der Waals surface area contributed by atoms with E-state index in [1.807, 2.05) is 23.7 Å². The van der Waals surface area contributed by atoms with Crippen LogP contribution >= 0.6 is 11.8 Å². The summed E-state index contributed by atoms with van der Waals surface area (Å²) in [6, 6.07) is 0. The van der Waals surface area contributed by atoms with Gasteiger partial charge in [-0.05, 0) is 34.0 Å². The van der Waals surface area contributed by atoms with E-state index in [1.54, 1.807) is 0 Å². The standard InChI is InChI=1S/C12H26N2O2S/c1-6-14(7-2)9-12(3,4)17-10-13(5)8-11(15)16/h6-10H2,1-5H3,(H,15,16). The highest BCUT2D eigenvalue weighted by Crippen LogP contribution is 2.25. The summed E-state index contributed by atoms with van der Waals surface area (Å²) < 4.78 is 0.152. The molecule has 102 valence electrons. The third-order valence-corrected chi connectivity index (χ3v) is 4.06. The maximum Gasteiger partial charge on any atom is 0.317 e. The number of likely N-dealkylation sites (N-methyl/N-ethyl adjacent to an activating group) is 1. The monoisotopic (exact) mass is 262 g/mol. The van der Waals surface area contributed by atoms with Crippen molar-refractivity contribution in [1.82, 2.24) is 9.80 Å². The van der Waals surface area contributed by atoms with Crippen LogP contribution in [0, 0.1) is 0 Å². The summed E-state index contributed by atoms with van der Waals surface area (Å²) in [4.78, 5) is 14.8. The van der Waals surface area contributed by atoms with Gasteiger partial charge >= 0.3 is 5.97 Å². The molecule has 0 aliphatic rings. The van der Waals surface area contributed by atoms with Gasteiger partial charge < -0.3 is 10.0 Å². The number of thioether (sulfide) groups is 1. The smallest absolute Gasteiger partial charge is 0.317 e. The lowest BCUT2D eigenvalue weighted by Gasteiger charge is -2.32. The average Bonchev–Trinajstić information content (AvgIpc) is 2.22. The van der Waals surface area contributed by atoms with Crippen molar-refractivity contribution >= 4 is 17.7 Å². The van der Waals surface area contributed by atoms with Gasteiger partial charge in [0.2, 0.25) is 0 Å². The van der Waals surface area contributed by atoms with Crippen LogP contribution in [0.2, 0.25) is 0 Å². The number of rotatable bonds is 9. The normalized spacial score (nSPS) is 12.4. The molecule has 5 heteroatoms. The Morgan fingerprint density at radius 1 is 1.29 bits per heavy atom. The molecule has 0 aromatic heterocycles. The van der Waals surface area contributed by atoms with Crippen LogP contribution in [-0.2, 0) is 4.79 Å². The predicted octanol–water partition coefficient (Wildman–Crippen LogP) is 1.81. The van der Waals surface area contributed by atoms with Crippen molar-refractivity contribution < 1.29 is 9.90 Å². The first-order chi connectivity index (χ1) is 7.80. The van der Waals surface area contributed by atoms with Crippen molar-refractivity contribution in [2.75, 3.05) is 39.1 Å². The Morgan fingerprint density at radius 3 is 2.24 bits per heavy atom. The van der Waals surface area contributed by atoms with E-state index in [2.05, 4.69) is 32.6 Å². The van der Waals surface area contributed by atoms with Crippen molar-refractivity contribution in [2.24, 2.45) is 0 Å². The Kier molecular flexibility index (Phi) is 7.83. The lowest BCUT2D eigenvalue weighted by molar-refractivity contribution is -0.137. The van der Waals surface area contributed by atoms with E-state index < -0.39 is 5.97 Å². The lowest BCUT2D eigenvalue weighted by Crippen LogP contribution is -2.38. The van der Waals surface area contributed by atoms with Crippen LogP contribution in [0.5, 0.6) is 0 Å². The van der Waals surface area contributed by atoms with Crippen LogP contribution in [0.15, 0.2) is 0 Å². The Morgan fingerprint density at radius 2 is 1.82 bits per heavy atom. The highest BCUT2D eigenvalue weighted by atomic mass is 32.2. The number of aliphatic carboxylic acids is 1. The fraction of sp³-hybridized carbons (Fsp3) is 0.917. The maximum atomic E-state index is 10.5. The molecule has 0 saturated carbocycles. The number of hydrogen-bond acceptors (Lipinski definition) is 4. The van der Waals surface area contributed by atoms with Crippen molar-refractivity contribution in [3.63, 3.8) is 0 Å². The van der Waals surface area contributed by atoms with Crippen molar-refractivity contribution in [3.05, 3.63) is 0 Å². The first-order valence-corrected chi connectivity index (χ1v) is 7.06. The van der Waals surface area contributed by atoms with E-state index in [-0.39, 0.29) is 11.3 Å². The number of carboxylic acids is 1. The topological polar surface area (TPSA) is 43.8 Å². The highest BCUT2D eigenvalue weighted by molar-refractivity contribution is 8.00. The zero-order valence-electron chi connectivity index (χ0n) is 11.7. The average molecular weight is 262 g/mol. The maximum absolute atomic E-state index is 10.5. The SMILES string of the molecule is CCN(CC)CC(C)(C)SCN(C)CC(=O)O. The summed E-state index contributed by atoms with van der Waals surface area (Å²) in [6.45, 7) is 12.0. The number of carboxylic acid groups (broad SMARTS) is 1. The quantitative estimate of drug-likeness (QED) is 0.642. The minimum atomic E-state index is -0.769. The molecular formula is C12H26N2O2S. The Bertz CT molecular complexity index is 231. The molecule has 0 unspecified atom stereocenters. The highest BCUT2D eigenvalue weighted by Gasteiger charge is 2.21. The van der Waals surface area contributed by atoms with Gasteiger partial charge in [0, 0.05) is 17.2 Å². The van der Waals surface area contributed by atoms with Crippen molar-refractivity contribution in [1.29, 1.82) is 0 Å². The fourth-order valence-corrected chi connectivity index (χ4v) is 2.53. The van der Waals surface area contributed by atoms with Crippen molar-refractivity contribution in [3.8, 4) is 0 Å². The van der Waals surface area contributed by atoms with E-state index in [0.29, 0.717) is 0 Å². The molecule has 0 amide bonds. The zero-order chi connectivity index (χ0) is 13.5. The molecule has 4 nitrogen and oxygen atoms in total. The summed E-state index contributed by atoms with van der Waals surface area (Å²) in [7, 11) is 1.84. The number of carbonyl (C=O) groups is 1. The Hall–Kier alpha value is -0.260. The molecule has 0 spiro atoms. The number of hydrogen-bond donors (Lipinski definition) is 1. The lowest BCUT2D eigenvalue weighted by atomic mass is 10.2. The molecule has 0 bridgehead atoms. The third kappa shape index (κ3) is 8.46. The van der Waals surface area contributed by atoms with Gasteiger partial charge in [0.25, 0.3) is 0 Å². The van der Waals surface area contributed by atoms with E-state index >= 15 is 0 Å². The van der Waals surface area contributed by atoms with Crippen LogP contribution in [0.4, 0.5) is 0 Å². The van der Waals surface area contributed by atoms with E-state index in [9.17, 15) is 4.79 Å². The molecule has 0 rings (SSSR count). The molecule has 0 saturated heterocycles. The first-order valence-electron chi connectivity index (χ1n) is 6.07. The van der Waals surface area contributed by atoms with Crippen LogP contribution < -0.4 is 0 Å². The Labute approximate surface area is 109 Å². The van der Waals surface area contributed by atoms with Gasteiger partial charge in [-0.2, -0.15) is 0 Å². The van der Waals surface area contributed by atoms with Crippen LogP contribution in [-0.4, -0.2) is 64.7 Å². The minimum absolute atomic E-state index is 0.106. The van der Waals surface area contributed by atoms with E-state index in [0.717, 1.165) is 25.5 Å². The fourth-order valence-electron chi connectivity index (χ4n) is 1.59. The van der Waals surface area contributed by atoms with E-state index in [4.69, 9.17) is 5.11 Å². The summed E-state index contributed by atoms with van der Waals surface area (Å²) >= 11 is 1.81. The van der Waals surface area contributed by atoms with Crippen LogP contribution in [0.3, 0.4) is 0 Å². The van der Waals surface area contributed by atoms with Gasteiger partial charge in [-0.25, -0.2) is 0 Å². The Balaban J connectivity index is 4.03. The van der Waals surface area contributed by atoms with Gasteiger partial charge in [-0.1, -0.05) is 13.8 Å². The first kappa shape index (κ1) is 16.7. The molecule has 0 aliphatic carbocycles. The summed E-state index contributed by atoms with van der Waals surface area (Å²) in [5, 5.41) is 8.68. The molecule has 1 N–H and O–H groups in total. The summed E-state index contributed by atoms with van der Waals surface area (Å²) in [5.41, 5.74) is 0. The molecule has 0 heterocycles. The second-order valence-electron chi connectivity index (χ2n) is 4.90. The van der Waals surface area contributed by atoms with Crippen LogP contribution in [0.1, 0.15) is 27.7 Å². The molecule has 17 heavy (non-hydrogen) atoms. The molecular weight excluding hydrogens is 236 g/mol. The second kappa shape index (κ2) is 7.95. The summed E-state index contributed by atoms with van der Waals surface area (Å²) in [5.74, 6) is -0.0183. The van der Waals surface area contributed by atoms with E-state index in [1.165, 1.54) is 0 Å². The van der Waals surface area contributed by atoms with Gasteiger partial charge in [-0.15, -0.1) is 11.8 Å². The molecule has 0 aromatic rings. The summed E-state index contributed by atoms with van der Waals surface area (Å²) in [6.07, 6.45) is 0. The molecule has 0 radical (unpaired) electrons. The zero-order valence-corrected chi connectivity index (χ0v) is 12.5. The van der Waals surface area contributed by atoms with Gasteiger partial charge in [-0.3, -0.25) is 9.69 Å². The molecule has 0 atom stereocenters. The molecule has 0 aliphatic heterocycles. The van der Waals surface area contributed by atoms with Gasteiger partial charge in [0.1, 0.15) is 0 Å². The molecule has 0 aromatic carbocycles. The predicted molar refractivity (Wildman–Crippen MR) is 74.6 cm³/mol. The number of nitrogens with zero attached hydrogens (tertiary/aromatic N) is 2. The molecule has 0 fully saturated rings. The third-order valence-electron chi connectivity index (χ3n) is 2.58. The second-order valence-corrected chi connectivity index (χ2v) is 6.55. The van der Waals surface area contributed by atoms with Gasteiger partial charge in [0.15, 0.2) is 0 Å². The van der Waals surface area contributed by atoms with Crippen LogP contribution in [0.25, 0.3) is 0 Å². The van der Waals surface area contributed by atoms with Crippen molar-refractivity contribution in [2.45, 2.75) is 32.4 Å². The van der Waals surface area contributed by atoms with Gasteiger partial charge in [0.05, 0.1) is 6.54 Å².